The van der Waals surface area contributed by atoms with Crippen LogP contribution in [-0.2, 0) is 4.74 Å². The van der Waals surface area contributed by atoms with Crippen LogP contribution in [0.3, 0.4) is 0 Å². The van der Waals surface area contributed by atoms with Crippen LogP contribution in [-0.4, -0.2) is 36.2 Å². The Morgan fingerprint density at radius 1 is 1.41 bits per heavy atom. The number of hydrogen-bond donors (Lipinski definition) is 2. The average molecular weight is 250 g/mol. The second-order valence-electron chi connectivity index (χ2n) is 5.59. The van der Waals surface area contributed by atoms with E-state index in [0.717, 1.165) is 0 Å². The van der Waals surface area contributed by atoms with E-state index in [2.05, 4.69) is 10.6 Å². The van der Waals surface area contributed by atoms with Gasteiger partial charge in [-0.2, -0.15) is 0 Å². The Kier molecular flexibility index (Phi) is 3.66. The Morgan fingerprint density at radius 3 is 2.47 bits per heavy atom. The van der Waals surface area contributed by atoms with Gasteiger partial charge in [-0.3, -0.25) is 0 Å². The lowest BCUT2D eigenvalue weighted by atomic mass is 9.87. The second-order valence-corrected chi connectivity index (χ2v) is 5.59. The van der Waals surface area contributed by atoms with Crippen molar-refractivity contribution in [1.82, 2.24) is 10.6 Å². The topological polar surface area (TPSA) is 50.4 Å². The molecule has 0 saturated carbocycles. The van der Waals surface area contributed by atoms with Crippen LogP contribution in [0.1, 0.15) is 34.1 Å². The van der Waals surface area contributed by atoms with Crippen molar-refractivity contribution in [2.75, 3.05) is 13.1 Å². The third kappa shape index (κ3) is 3.52. The van der Waals surface area contributed by atoms with E-state index in [1.54, 1.807) is 20.8 Å². The van der Waals surface area contributed by atoms with E-state index in [1.165, 1.54) is 6.92 Å². The maximum absolute atomic E-state index is 13.7. The molecule has 2 N–H and O–H groups in total. The average Bonchev–Trinajstić information content (AvgIpc) is 2.06. The normalized spacial score (nSPS) is 28.6. The number of alkyl carbamates (subject to hydrolysis) is 1. The Bertz CT molecular complexity index is 302. The Hall–Kier alpha value is -0.910. The summed E-state index contributed by atoms with van der Waals surface area (Å²) in [6.07, 6.45) is -0.638. The summed E-state index contributed by atoms with van der Waals surface area (Å²) in [6, 6.07) is 0. The third-order valence-electron chi connectivity index (χ3n) is 2.73. The SMILES string of the molecule is CC(C)(C)OC(=O)NC1(C)CCNCC1(F)F. The van der Waals surface area contributed by atoms with Gasteiger partial charge in [0.15, 0.2) is 0 Å². The Labute approximate surface area is 100 Å². The standard InChI is InChI=1S/C11H20F2N2O2/c1-9(2,3)17-8(16)15-10(4)5-6-14-7-11(10,12)13/h14H,5-7H2,1-4H3,(H,15,16). The predicted octanol–water partition coefficient (Wildman–Crippen LogP) is 1.90. The van der Waals surface area contributed by atoms with Gasteiger partial charge in [0.1, 0.15) is 11.1 Å². The van der Waals surface area contributed by atoms with Crippen molar-refractivity contribution in [2.45, 2.75) is 51.2 Å². The van der Waals surface area contributed by atoms with Gasteiger partial charge in [0.2, 0.25) is 0 Å². The van der Waals surface area contributed by atoms with E-state index >= 15 is 0 Å². The van der Waals surface area contributed by atoms with E-state index in [4.69, 9.17) is 4.74 Å². The lowest BCUT2D eigenvalue weighted by Crippen LogP contribution is -2.66. The van der Waals surface area contributed by atoms with Crippen molar-refractivity contribution in [3.63, 3.8) is 0 Å². The van der Waals surface area contributed by atoms with Crippen LogP contribution in [0.5, 0.6) is 0 Å². The molecule has 1 saturated heterocycles. The third-order valence-corrected chi connectivity index (χ3v) is 2.73. The zero-order chi connectivity index (χ0) is 13.3. The van der Waals surface area contributed by atoms with Gasteiger partial charge >= 0.3 is 6.09 Å². The number of halogens is 2. The first-order valence-electron chi connectivity index (χ1n) is 5.65. The van der Waals surface area contributed by atoms with Crippen LogP contribution >= 0.6 is 0 Å². The molecule has 1 atom stereocenters. The van der Waals surface area contributed by atoms with E-state index in [1.807, 2.05) is 0 Å². The quantitative estimate of drug-likeness (QED) is 0.747. The van der Waals surface area contributed by atoms with Crippen LogP contribution < -0.4 is 10.6 Å². The van der Waals surface area contributed by atoms with Crippen LogP contribution in [0.25, 0.3) is 0 Å². The number of alkyl halides is 2. The number of amides is 1. The monoisotopic (exact) mass is 250 g/mol. The van der Waals surface area contributed by atoms with Gasteiger partial charge in [-0.05, 0) is 40.7 Å². The summed E-state index contributed by atoms with van der Waals surface area (Å²) in [5.41, 5.74) is -2.25. The van der Waals surface area contributed by atoms with Gasteiger partial charge < -0.3 is 15.4 Å². The van der Waals surface area contributed by atoms with Gasteiger partial charge in [-0.15, -0.1) is 0 Å². The molecule has 0 aromatic rings. The number of piperidine rings is 1. The summed E-state index contributed by atoms with van der Waals surface area (Å²) in [5, 5.41) is 4.90. The van der Waals surface area contributed by atoms with E-state index < -0.39 is 29.7 Å². The summed E-state index contributed by atoms with van der Waals surface area (Å²) in [4.78, 5) is 11.5. The molecule has 17 heavy (non-hydrogen) atoms. The highest BCUT2D eigenvalue weighted by Crippen LogP contribution is 2.33. The maximum Gasteiger partial charge on any atom is 0.408 e. The van der Waals surface area contributed by atoms with Crippen LogP contribution in [0.2, 0.25) is 0 Å². The fourth-order valence-corrected chi connectivity index (χ4v) is 1.64. The molecule has 4 nitrogen and oxygen atoms in total. The fourth-order valence-electron chi connectivity index (χ4n) is 1.64. The van der Waals surface area contributed by atoms with Crippen molar-refractivity contribution < 1.29 is 18.3 Å². The van der Waals surface area contributed by atoms with E-state index in [0.29, 0.717) is 6.54 Å². The van der Waals surface area contributed by atoms with Crippen molar-refractivity contribution in [3.8, 4) is 0 Å². The number of nitrogens with one attached hydrogen (secondary N) is 2. The number of hydrogen-bond acceptors (Lipinski definition) is 3. The summed E-state index contributed by atoms with van der Waals surface area (Å²) >= 11 is 0. The minimum atomic E-state index is -2.98. The maximum atomic E-state index is 13.7. The minimum absolute atomic E-state index is 0.166. The van der Waals surface area contributed by atoms with Crippen molar-refractivity contribution in [2.24, 2.45) is 0 Å². The van der Waals surface area contributed by atoms with Crippen molar-refractivity contribution >= 4 is 6.09 Å². The first-order chi connectivity index (χ1) is 7.56. The largest absolute Gasteiger partial charge is 0.444 e. The zero-order valence-electron chi connectivity index (χ0n) is 10.7. The lowest BCUT2D eigenvalue weighted by molar-refractivity contribution is -0.0981. The molecule has 0 bridgehead atoms. The molecule has 1 rings (SSSR count). The molecule has 1 heterocycles. The van der Waals surface area contributed by atoms with Crippen molar-refractivity contribution in [3.05, 3.63) is 0 Å². The Morgan fingerprint density at radius 2 is 2.00 bits per heavy atom. The molecule has 1 unspecified atom stereocenters. The van der Waals surface area contributed by atoms with Crippen LogP contribution in [0.15, 0.2) is 0 Å². The van der Waals surface area contributed by atoms with Gasteiger partial charge in [-0.1, -0.05) is 0 Å². The molecule has 1 amide bonds. The van der Waals surface area contributed by atoms with Gasteiger partial charge in [0.25, 0.3) is 5.92 Å². The highest BCUT2D eigenvalue weighted by molar-refractivity contribution is 5.69. The fraction of sp³-hybridized carbons (Fsp3) is 0.909. The number of carbonyl (C=O) groups excluding carboxylic acids is 1. The molecule has 0 aromatic heterocycles. The molecular formula is C11H20F2N2O2. The summed E-state index contributed by atoms with van der Waals surface area (Å²) < 4.78 is 32.4. The summed E-state index contributed by atoms with van der Waals surface area (Å²) in [7, 11) is 0. The molecule has 100 valence electrons. The first kappa shape index (κ1) is 14.2. The first-order valence-corrected chi connectivity index (χ1v) is 5.65. The minimum Gasteiger partial charge on any atom is -0.444 e. The molecule has 0 aromatic carbocycles. The smallest absolute Gasteiger partial charge is 0.408 e. The molecule has 0 aliphatic carbocycles. The van der Waals surface area contributed by atoms with Gasteiger partial charge in [0, 0.05) is 0 Å². The van der Waals surface area contributed by atoms with Gasteiger partial charge in [-0.25, -0.2) is 13.6 Å². The molecule has 1 aliphatic heterocycles. The molecule has 1 aliphatic rings. The lowest BCUT2D eigenvalue weighted by Gasteiger charge is -2.41. The zero-order valence-corrected chi connectivity index (χ0v) is 10.7. The van der Waals surface area contributed by atoms with E-state index in [9.17, 15) is 13.6 Å². The van der Waals surface area contributed by atoms with Crippen molar-refractivity contribution in [1.29, 1.82) is 0 Å². The number of ether oxygens (including phenoxy) is 1. The van der Waals surface area contributed by atoms with Crippen LogP contribution in [0.4, 0.5) is 13.6 Å². The molecule has 1 fully saturated rings. The summed E-state index contributed by atoms with van der Waals surface area (Å²) in [6.45, 7) is 6.43. The summed E-state index contributed by atoms with van der Waals surface area (Å²) in [5.74, 6) is -2.98. The second kappa shape index (κ2) is 4.40. The number of rotatable bonds is 1. The molecule has 0 radical (unpaired) electrons. The van der Waals surface area contributed by atoms with E-state index in [-0.39, 0.29) is 6.42 Å². The molecule has 0 spiro atoms. The number of carbonyl (C=O) groups is 1. The Balaban J connectivity index is 2.68. The van der Waals surface area contributed by atoms with Gasteiger partial charge in [0.05, 0.1) is 6.54 Å². The molecule has 6 heteroatoms. The molecular weight excluding hydrogens is 230 g/mol. The highest BCUT2D eigenvalue weighted by atomic mass is 19.3. The highest BCUT2D eigenvalue weighted by Gasteiger charge is 2.53. The predicted molar refractivity (Wildman–Crippen MR) is 60.2 cm³/mol. The van der Waals surface area contributed by atoms with Crippen LogP contribution in [0, 0.1) is 0 Å².